The highest BCUT2D eigenvalue weighted by atomic mass is 15.4. The average molecular weight is 480 g/mol. The van der Waals surface area contributed by atoms with E-state index in [0.29, 0.717) is 6.42 Å². The molecular formula is C27H29N9. The second-order valence-corrected chi connectivity index (χ2v) is 9.28. The lowest BCUT2D eigenvalue weighted by atomic mass is 10.0. The van der Waals surface area contributed by atoms with Crippen molar-refractivity contribution in [2.75, 3.05) is 42.5 Å². The lowest BCUT2D eigenvalue weighted by Gasteiger charge is -2.34. The van der Waals surface area contributed by atoms with Crippen molar-refractivity contribution in [3.8, 4) is 0 Å². The standard InChI is InChI=1S/C27H29N9/c1-2-4-20(5-3-1)12-22-16-30-26(31-17-22)35-8-10-36(11-9-35)27-33-19-32-25(34-27)14-21-13-23-18-28-7-6-24(23)29-15-21/h1-5,13,15-17,19,28H,6-12,14,18H2. The zero-order valence-electron chi connectivity index (χ0n) is 20.2. The summed E-state index contributed by atoms with van der Waals surface area (Å²) >= 11 is 0. The number of hydrogen-bond donors (Lipinski definition) is 1. The van der Waals surface area contributed by atoms with Gasteiger partial charge < -0.3 is 15.1 Å². The number of fused-ring (bicyclic) bond motifs is 1. The highest BCUT2D eigenvalue weighted by Gasteiger charge is 2.21. The molecule has 0 saturated carbocycles. The van der Waals surface area contributed by atoms with Crippen molar-refractivity contribution in [1.29, 1.82) is 0 Å². The Labute approximate surface area is 210 Å². The van der Waals surface area contributed by atoms with Gasteiger partial charge in [-0.1, -0.05) is 36.4 Å². The summed E-state index contributed by atoms with van der Waals surface area (Å²) in [6.07, 6.45) is 9.93. The van der Waals surface area contributed by atoms with Crippen LogP contribution in [0.4, 0.5) is 11.9 Å². The molecule has 1 N–H and O–H groups in total. The summed E-state index contributed by atoms with van der Waals surface area (Å²) in [4.78, 5) is 32.0. The molecule has 3 aromatic heterocycles. The lowest BCUT2D eigenvalue weighted by Crippen LogP contribution is -2.47. The molecule has 4 aromatic rings. The predicted octanol–water partition coefficient (Wildman–Crippen LogP) is 2.21. The number of pyridine rings is 1. The second-order valence-electron chi connectivity index (χ2n) is 9.28. The topological polar surface area (TPSA) is 95.9 Å². The summed E-state index contributed by atoms with van der Waals surface area (Å²) in [5.41, 5.74) is 5.99. The van der Waals surface area contributed by atoms with Crippen LogP contribution in [0.2, 0.25) is 0 Å². The minimum atomic E-state index is 0.652. The Kier molecular flexibility index (Phi) is 6.45. The number of aromatic nitrogens is 6. The number of nitrogens with zero attached hydrogens (tertiary/aromatic N) is 8. The molecule has 1 aromatic carbocycles. The first-order valence-electron chi connectivity index (χ1n) is 12.5. The summed E-state index contributed by atoms with van der Waals surface area (Å²) in [6, 6.07) is 12.6. The zero-order valence-corrected chi connectivity index (χ0v) is 20.2. The third kappa shape index (κ3) is 5.16. The molecule has 0 aliphatic carbocycles. The maximum absolute atomic E-state index is 4.76. The number of rotatable bonds is 6. The van der Waals surface area contributed by atoms with E-state index < -0.39 is 0 Å². The molecule has 9 heteroatoms. The summed E-state index contributed by atoms with van der Waals surface area (Å²) < 4.78 is 0. The van der Waals surface area contributed by atoms with Crippen LogP contribution < -0.4 is 15.1 Å². The Morgan fingerprint density at radius 1 is 0.722 bits per heavy atom. The monoisotopic (exact) mass is 479 g/mol. The largest absolute Gasteiger partial charge is 0.337 e. The Balaban J connectivity index is 1.06. The van der Waals surface area contributed by atoms with Crippen molar-refractivity contribution < 1.29 is 0 Å². The van der Waals surface area contributed by atoms with E-state index in [2.05, 4.69) is 70.4 Å². The van der Waals surface area contributed by atoms with Crippen LogP contribution >= 0.6 is 0 Å². The summed E-state index contributed by atoms with van der Waals surface area (Å²) in [5, 5.41) is 3.41. The van der Waals surface area contributed by atoms with E-state index in [9.17, 15) is 0 Å². The molecule has 0 radical (unpaired) electrons. The van der Waals surface area contributed by atoms with Gasteiger partial charge in [0.1, 0.15) is 12.2 Å². The summed E-state index contributed by atoms with van der Waals surface area (Å²) in [5.74, 6) is 2.27. The molecule has 6 rings (SSSR count). The third-order valence-corrected chi connectivity index (χ3v) is 6.73. The van der Waals surface area contributed by atoms with Crippen molar-refractivity contribution in [2.24, 2.45) is 0 Å². The second kappa shape index (κ2) is 10.3. The fourth-order valence-electron chi connectivity index (χ4n) is 4.77. The van der Waals surface area contributed by atoms with Crippen molar-refractivity contribution >= 4 is 11.9 Å². The maximum Gasteiger partial charge on any atom is 0.228 e. The van der Waals surface area contributed by atoms with Crippen molar-refractivity contribution in [1.82, 2.24) is 35.2 Å². The van der Waals surface area contributed by atoms with E-state index in [-0.39, 0.29) is 0 Å². The molecule has 0 bridgehead atoms. The van der Waals surface area contributed by atoms with E-state index in [0.717, 1.165) is 81.0 Å². The van der Waals surface area contributed by atoms with Crippen LogP contribution in [0.15, 0.2) is 61.3 Å². The van der Waals surface area contributed by atoms with Gasteiger partial charge in [-0.15, -0.1) is 0 Å². The minimum absolute atomic E-state index is 0.652. The molecule has 0 spiro atoms. The van der Waals surface area contributed by atoms with Gasteiger partial charge >= 0.3 is 0 Å². The molecule has 0 unspecified atom stereocenters. The summed E-state index contributed by atoms with van der Waals surface area (Å²) in [7, 11) is 0. The first-order valence-corrected chi connectivity index (χ1v) is 12.5. The van der Waals surface area contributed by atoms with Crippen molar-refractivity contribution in [3.63, 3.8) is 0 Å². The van der Waals surface area contributed by atoms with Gasteiger partial charge in [0.25, 0.3) is 0 Å². The van der Waals surface area contributed by atoms with Gasteiger partial charge in [0.2, 0.25) is 11.9 Å². The van der Waals surface area contributed by atoms with Crippen molar-refractivity contribution in [2.45, 2.75) is 25.8 Å². The number of benzene rings is 1. The van der Waals surface area contributed by atoms with E-state index in [1.807, 2.05) is 24.7 Å². The Morgan fingerprint density at radius 2 is 1.47 bits per heavy atom. The van der Waals surface area contributed by atoms with Crippen molar-refractivity contribution in [3.05, 3.63) is 95.1 Å². The van der Waals surface area contributed by atoms with Crippen LogP contribution in [0.3, 0.4) is 0 Å². The van der Waals surface area contributed by atoms with Crippen LogP contribution in [0.1, 0.15) is 33.8 Å². The fraction of sp³-hybridized carbons (Fsp3) is 0.333. The molecule has 5 heterocycles. The first kappa shape index (κ1) is 22.5. The van der Waals surface area contributed by atoms with Crippen LogP contribution in [0.25, 0.3) is 0 Å². The van der Waals surface area contributed by atoms with Gasteiger partial charge in [-0.25, -0.2) is 19.9 Å². The van der Waals surface area contributed by atoms with Gasteiger partial charge in [0.15, 0.2) is 0 Å². The van der Waals surface area contributed by atoms with Gasteiger partial charge in [0, 0.05) is 82.8 Å². The Bertz CT molecular complexity index is 1300. The Morgan fingerprint density at radius 3 is 2.28 bits per heavy atom. The van der Waals surface area contributed by atoms with Crippen LogP contribution in [0, 0.1) is 0 Å². The fourth-order valence-corrected chi connectivity index (χ4v) is 4.77. The summed E-state index contributed by atoms with van der Waals surface area (Å²) in [6.45, 7) is 5.13. The lowest BCUT2D eigenvalue weighted by molar-refractivity contribution is 0.623. The number of nitrogens with one attached hydrogen (secondary N) is 1. The zero-order chi connectivity index (χ0) is 24.2. The van der Waals surface area contributed by atoms with Gasteiger partial charge in [-0.3, -0.25) is 4.98 Å². The molecule has 9 nitrogen and oxygen atoms in total. The maximum atomic E-state index is 4.76. The van der Waals surface area contributed by atoms with Gasteiger partial charge in [0.05, 0.1) is 0 Å². The van der Waals surface area contributed by atoms with Crippen LogP contribution in [-0.2, 0) is 25.8 Å². The predicted molar refractivity (Wildman–Crippen MR) is 138 cm³/mol. The Hall–Kier alpha value is -3.98. The quantitative estimate of drug-likeness (QED) is 0.446. The number of piperazine rings is 1. The van der Waals surface area contributed by atoms with E-state index in [1.165, 1.54) is 16.8 Å². The van der Waals surface area contributed by atoms with E-state index >= 15 is 0 Å². The SMILES string of the molecule is c1ccc(Cc2cnc(N3CCN(c4ncnc(Cc5cnc6c(c5)CNCC6)n4)CC3)nc2)cc1. The normalized spacial score (nSPS) is 15.6. The molecule has 1 saturated heterocycles. The van der Waals surface area contributed by atoms with Crippen LogP contribution in [-0.4, -0.2) is 62.6 Å². The molecule has 1 fully saturated rings. The van der Waals surface area contributed by atoms with Crippen LogP contribution in [0.5, 0.6) is 0 Å². The van der Waals surface area contributed by atoms with Gasteiger partial charge in [-0.2, -0.15) is 4.98 Å². The number of hydrogen-bond acceptors (Lipinski definition) is 9. The molecule has 182 valence electrons. The minimum Gasteiger partial charge on any atom is -0.337 e. The third-order valence-electron chi connectivity index (χ3n) is 6.73. The first-order chi connectivity index (χ1) is 17.8. The number of anilines is 2. The molecule has 0 amide bonds. The molecular weight excluding hydrogens is 450 g/mol. The van der Waals surface area contributed by atoms with E-state index in [1.54, 1.807) is 6.33 Å². The molecule has 2 aliphatic heterocycles. The molecule has 2 aliphatic rings. The highest BCUT2D eigenvalue weighted by Crippen LogP contribution is 2.18. The molecule has 36 heavy (non-hydrogen) atoms. The molecule has 0 atom stereocenters. The van der Waals surface area contributed by atoms with E-state index in [4.69, 9.17) is 4.98 Å². The average Bonchev–Trinajstić information content (AvgIpc) is 2.94. The van der Waals surface area contributed by atoms with Gasteiger partial charge in [-0.05, 0) is 22.3 Å². The smallest absolute Gasteiger partial charge is 0.228 e. The highest BCUT2D eigenvalue weighted by molar-refractivity contribution is 5.38.